The number of piperidine rings is 1. The highest BCUT2D eigenvalue weighted by atomic mass is 19.4. The van der Waals surface area contributed by atoms with E-state index >= 15 is 0 Å². The number of hydrogen-bond donors (Lipinski definition) is 0. The molecule has 1 atom stereocenters. The Morgan fingerprint density at radius 3 is 2.62 bits per heavy atom. The third kappa shape index (κ3) is 3.59. The van der Waals surface area contributed by atoms with Crippen molar-refractivity contribution in [2.75, 3.05) is 26.2 Å². The maximum atomic E-state index is 12.7. The minimum absolute atomic E-state index is 0.536. The smallest absolute Gasteiger partial charge is 0.298 e. The van der Waals surface area contributed by atoms with Gasteiger partial charge in [0.15, 0.2) is 5.82 Å². The Bertz CT molecular complexity index is 742. The zero-order valence-corrected chi connectivity index (χ0v) is 14.4. The summed E-state index contributed by atoms with van der Waals surface area (Å²) >= 11 is 0. The van der Waals surface area contributed by atoms with Gasteiger partial charge in [-0.05, 0) is 54.1 Å². The van der Waals surface area contributed by atoms with Crippen LogP contribution in [0.2, 0.25) is 0 Å². The van der Waals surface area contributed by atoms with Gasteiger partial charge in [0, 0.05) is 25.7 Å². The molecule has 0 aliphatic carbocycles. The maximum absolute atomic E-state index is 12.7. The second kappa shape index (κ2) is 6.96. The van der Waals surface area contributed by atoms with Crippen molar-refractivity contribution in [3.05, 3.63) is 35.7 Å². The lowest BCUT2D eigenvalue weighted by Gasteiger charge is -2.43. The molecule has 3 heterocycles. The van der Waals surface area contributed by atoms with Gasteiger partial charge in [-0.25, -0.2) is 0 Å². The lowest BCUT2D eigenvalue weighted by molar-refractivity contribution is -0.137. The van der Waals surface area contributed by atoms with Crippen molar-refractivity contribution in [3.8, 4) is 5.69 Å². The third-order valence-corrected chi connectivity index (χ3v) is 5.26. The summed E-state index contributed by atoms with van der Waals surface area (Å²) in [5.41, 5.74) is -0.140. The molecule has 0 bridgehead atoms. The molecule has 140 valence electrons. The molecular formula is C17H21F3N6. The van der Waals surface area contributed by atoms with Crippen LogP contribution in [0, 0.1) is 0 Å². The summed E-state index contributed by atoms with van der Waals surface area (Å²) in [6.45, 7) is 4.77. The Morgan fingerprint density at radius 2 is 1.85 bits per heavy atom. The van der Waals surface area contributed by atoms with E-state index in [4.69, 9.17) is 0 Å². The number of nitrogens with zero attached hydrogens (tertiary/aromatic N) is 6. The highest BCUT2D eigenvalue weighted by Gasteiger charge is 2.31. The largest absolute Gasteiger partial charge is 0.416 e. The van der Waals surface area contributed by atoms with E-state index in [2.05, 4.69) is 25.3 Å². The van der Waals surface area contributed by atoms with Gasteiger partial charge in [-0.15, -0.1) is 5.10 Å². The van der Waals surface area contributed by atoms with Crippen molar-refractivity contribution >= 4 is 0 Å². The summed E-state index contributed by atoms with van der Waals surface area (Å²) in [5, 5.41) is 11.8. The van der Waals surface area contributed by atoms with Crippen LogP contribution >= 0.6 is 0 Å². The quantitative estimate of drug-likeness (QED) is 0.835. The van der Waals surface area contributed by atoms with Gasteiger partial charge in [-0.3, -0.25) is 9.80 Å². The zero-order valence-electron chi connectivity index (χ0n) is 14.4. The molecule has 1 aromatic heterocycles. The van der Waals surface area contributed by atoms with Gasteiger partial charge in [0.2, 0.25) is 0 Å². The van der Waals surface area contributed by atoms with Crippen LogP contribution in [-0.4, -0.2) is 62.2 Å². The first-order valence-corrected chi connectivity index (χ1v) is 8.92. The number of fused-ring (bicyclic) bond motifs is 1. The molecular weight excluding hydrogens is 345 g/mol. The van der Waals surface area contributed by atoms with Crippen molar-refractivity contribution in [1.29, 1.82) is 0 Å². The Balaban J connectivity index is 1.47. The predicted octanol–water partition coefficient (Wildman–Crippen LogP) is 2.35. The minimum Gasteiger partial charge on any atom is -0.298 e. The number of halogens is 3. The van der Waals surface area contributed by atoms with Crippen molar-refractivity contribution in [2.45, 2.75) is 38.0 Å². The van der Waals surface area contributed by atoms with E-state index in [0.717, 1.165) is 31.8 Å². The fraction of sp³-hybridized carbons (Fsp3) is 0.588. The van der Waals surface area contributed by atoms with Crippen LogP contribution in [0.25, 0.3) is 5.69 Å². The molecule has 26 heavy (non-hydrogen) atoms. The number of tetrazole rings is 1. The van der Waals surface area contributed by atoms with Crippen LogP contribution in [0.3, 0.4) is 0 Å². The number of rotatable bonds is 3. The molecule has 2 saturated heterocycles. The number of hydrogen-bond acceptors (Lipinski definition) is 5. The van der Waals surface area contributed by atoms with Crippen molar-refractivity contribution in [1.82, 2.24) is 30.0 Å². The summed E-state index contributed by atoms with van der Waals surface area (Å²) in [6, 6.07) is 5.51. The Kier molecular flexibility index (Phi) is 4.66. The second-order valence-electron chi connectivity index (χ2n) is 6.97. The van der Waals surface area contributed by atoms with E-state index < -0.39 is 11.7 Å². The summed E-state index contributed by atoms with van der Waals surface area (Å²) in [4.78, 5) is 4.89. The molecule has 0 spiro atoms. The standard InChI is InChI=1S/C17H21F3N6/c18-17(19,20)13-4-6-14(7-5-13)26-16(21-22-23-26)12-24-9-10-25-8-2-1-3-15(25)11-24/h4-7,15H,1-3,8-12H2. The lowest BCUT2D eigenvalue weighted by atomic mass is 9.99. The molecule has 0 N–H and O–H groups in total. The molecule has 9 heteroatoms. The molecule has 2 fully saturated rings. The number of benzene rings is 1. The average molecular weight is 366 g/mol. The highest BCUT2D eigenvalue weighted by Crippen LogP contribution is 2.29. The molecule has 4 rings (SSSR count). The van der Waals surface area contributed by atoms with Crippen LogP contribution in [0.4, 0.5) is 13.2 Å². The van der Waals surface area contributed by atoms with E-state index in [9.17, 15) is 13.2 Å². The van der Waals surface area contributed by atoms with E-state index in [1.54, 1.807) is 0 Å². The molecule has 6 nitrogen and oxygen atoms in total. The third-order valence-electron chi connectivity index (χ3n) is 5.26. The topological polar surface area (TPSA) is 50.1 Å². The van der Waals surface area contributed by atoms with E-state index in [0.29, 0.717) is 24.1 Å². The normalized spacial score (nSPS) is 22.3. The Labute approximate surface area is 149 Å². The molecule has 2 aliphatic heterocycles. The summed E-state index contributed by atoms with van der Waals surface area (Å²) in [5.74, 6) is 0.647. The summed E-state index contributed by atoms with van der Waals surface area (Å²) < 4.78 is 39.7. The van der Waals surface area contributed by atoms with Gasteiger partial charge < -0.3 is 0 Å². The fourth-order valence-electron chi connectivity index (χ4n) is 3.86. The van der Waals surface area contributed by atoms with E-state index in [1.165, 1.54) is 42.6 Å². The van der Waals surface area contributed by atoms with Crippen molar-refractivity contribution in [3.63, 3.8) is 0 Å². The van der Waals surface area contributed by atoms with Gasteiger partial charge in [-0.1, -0.05) is 6.42 Å². The van der Waals surface area contributed by atoms with Crippen LogP contribution in [-0.2, 0) is 12.7 Å². The molecule has 2 aliphatic rings. The predicted molar refractivity (Wildman–Crippen MR) is 88.6 cm³/mol. The first-order chi connectivity index (χ1) is 12.5. The minimum atomic E-state index is -4.35. The highest BCUT2D eigenvalue weighted by molar-refractivity contribution is 5.35. The average Bonchev–Trinajstić information content (AvgIpc) is 3.09. The molecule has 1 unspecified atom stereocenters. The van der Waals surface area contributed by atoms with Crippen LogP contribution in [0.15, 0.2) is 24.3 Å². The van der Waals surface area contributed by atoms with Gasteiger partial charge >= 0.3 is 6.18 Å². The molecule has 2 aromatic rings. The van der Waals surface area contributed by atoms with E-state index in [1.807, 2.05) is 0 Å². The van der Waals surface area contributed by atoms with Crippen molar-refractivity contribution < 1.29 is 13.2 Å². The monoisotopic (exact) mass is 366 g/mol. The molecule has 0 amide bonds. The molecule has 1 aromatic carbocycles. The van der Waals surface area contributed by atoms with Gasteiger partial charge in [0.25, 0.3) is 0 Å². The SMILES string of the molecule is FC(F)(F)c1ccc(-n2nnnc2CN2CCN3CCCCC3C2)cc1. The van der Waals surface area contributed by atoms with Crippen molar-refractivity contribution in [2.24, 2.45) is 0 Å². The fourth-order valence-corrected chi connectivity index (χ4v) is 3.86. The van der Waals surface area contributed by atoms with Gasteiger partial charge in [0.1, 0.15) is 0 Å². The number of alkyl halides is 3. The molecule has 0 radical (unpaired) electrons. The zero-order chi connectivity index (χ0) is 18.1. The summed E-state index contributed by atoms with van der Waals surface area (Å²) in [6.07, 6.45) is -0.567. The van der Waals surface area contributed by atoms with Gasteiger partial charge in [-0.2, -0.15) is 17.9 Å². The number of piperazine rings is 1. The van der Waals surface area contributed by atoms with E-state index in [-0.39, 0.29) is 0 Å². The lowest BCUT2D eigenvalue weighted by Crippen LogP contribution is -2.54. The number of aromatic nitrogens is 4. The first kappa shape index (κ1) is 17.4. The van der Waals surface area contributed by atoms with Crippen LogP contribution in [0.5, 0.6) is 0 Å². The second-order valence-corrected chi connectivity index (χ2v) is 6.97. The van der Waals surface area contributed by atoms with Gasteiger partial charge in [0.05, 0.1) is 17.8 Å². The Morgan fingerprint density at radius 1 is 1.04 bits per heavy atom. The maximum Gasteiger partial charge on any atom is 0.416 e. The van der Waals surface area contributed by atoms with Crippen LogP contribution in [0.1, 0.15) is 30.7 Å². The first-order valence-electron chi connectivity index (χ1n) is 8.92. The molecule has 0 saturated carbocycles. The summed E-state index contributed by atoms with van der Waals surface area (Å²) in [7, 11) is 0. The van der Waals surface area contributed by atoms with Crippen LogP contribution < -0.4 is 0 Å². The Hall–Kier alpha value is -2.00.